The van der Waals surface area contributed by atoms with Gasteiger partial charge < -0.3 is 15.3 Å². The van der Waals surface area contributed by atoms with Crippen molar-refractivity contribution in [3.05, 3.63) is 34.9 Å². The Kier molecular flexibility index (Phi) is 6.17. The minimum Gasteiger partial charge on any atom is -0.393 e. The molecule has 8 nitrogen and oxygen atoms in total. The zero-order valence-corrected chi connectivity index (χ0v) is 17.7. The summed E-state index contributed by atoms with van der Waals surface area (Å²) < 4.78 is 41.0. The fraction of sp³-hybridized carbons (Fsp3) is 0.545. The van der Waals surface area contributed by atoms with Crippen LogP contribution in [0.15, 0.2) is 18.2 Å². The summed E-state index contributed by atoms with van der Waals surface area (Å²) in [5.41, 5.74) is 0.684. The van der Waals surface area contributed by atoms with Crippen LogP contribution in [0.1, 0.15) is 64.8 Å². The highest BCUT2D eigenvalue weighted by atomic mass is 19.4. The second-order valence-corrected chi connectivity index (χ2v) is 8.83. The number of hydrogen-bond donors (Lipinski definition) is 3. The first kappa shape index (κ1) is 23.2. The average Bonchev–Trinajstić information content (AvgIpc) is 3.07. The molecule has 33 heavy (non-hydrogen) atoms. The second-order valence-electron chi connectivity index (χ2n) is 8.83. The highest BCUT2D eigenvalue weighted by Crippen LogP contribution is 2.35. The number of alkyl halides is 3. The van der Waals surface area contributed by atoms with Gasteiger partial charge in [0.15, 0.2) is 0 Å². The predicted molar refractivity (Wildman–Crippen MR) is 108 cm³/mol. The molecule has 1 aromatic carbocycles. The van der Waals surface area contributed by atoms with Crippen molar-refractivity contribution in [1.82, 2.24) is 15.5 Å². The lowest BCUT2D eigenvalue weighted by molar-refractivity contribution is -0.169. The normalized spacial score (nSPS) is 26.6. The van der Waals surface area contributed by atoms with E-state index < -0.39 is 53.9 Å². The van der Waals surface area contributed by atoms with Gasteiger partial charge in [-0.1, -0.05) is 0 Å². The van der Waals surface area contributed by atoms with E-state index in [2.05, 4.69) is 10.6 Å². The number of amides is 4. The lowest BCUT2D eigenvalue weighted by atomic mass is 9.82. The molecule has 3 aliphatic rings. The Morgan fingerprint density at radius 1 is 1.12 bits per heavy atom. The van der Waals surface area contributed by atoms with Crippen LogP contribution >= 0.6 is 0 Å². The van der Waals surface area contributed by atoms with Crippen LogP contribution in [0.2, 0.25) is 0 Å². The van der Waals surface area contributed by atoms with Crippen LogP contribution < -0.4 is 10.6 Å². The number of halogens is 3. The number of imide groups is 1. The molecule has 0 aromatic heterocycles. The summed E-state index contributed by atoms with van der Waals surface area (Å²) in [6, 6.07) is 1.17. The van der Waals surface area contributed by atoms with Crippen LogP contribution in [0.5, 0.6) is 0 Å². The van der Waals surface area contributed by atoms with E-state index >= 15 is 0 Å². The molecule has 2 aliphatic heterocycles. The highest BCUT2D eigenvalue weighted by Gasteiger charge is 2.46. The van der Waals surface area contributed by atoms with Crippen molar-refractivity contribution in [2.24, 2.45) is 5.92 Å². The number of piperidine rings is 1. The molecule has 178 valence electrons. The Hall–Kier alpha value is -2.95. The Labute approximate surface area is 187 Å². The van der Waals surface area contributed by atoms with E-state index in [-0.39, 0.29) is 56.2 Å². The standard InChI is InChI=1S/C22H24F3N3O5/c23-22(24,25)18(11-1-4-14(29)5-2-11)27-19(31)12-3-6-15-13(9-12)10-28(21(15)33)16-7-8-17(30)26-20(16)32/h3,6,9,11,14,16,18,29H,1-2,4-5,7-8,10H2,(H,27,31)(H,26,30,32)/t11-,14-,16?,18-/m1/s1. The lowest BCUT2D eigenvalue weighted by Crippen LogP contribution is -2.52. The second kappa shape index (κ2) is 8.77. The number of hydrogen-bond acceptors (Lipinski definition) is 5. The lowest BCUT2D eigenvalue weighted by Gasteiger charge is -2.33. The summed E-state index contributed by atoms with van der Waals surface area (Å²) in [7, 11) is 0. The van der Waals surface area contributed by atoms with Crippen LogP contribution in [0.3, 0.4) is 0 Å². The summed E-state index contributed by atoms with van der Waals surface area (Å²) in [5.74, 6) is -3.14. The fourth-order valence-corrected chi connectivity index (χ4v) is 4.84. The monoisotopic (exact) mass is 467 g/mol. The summed E-state index contributed by atoms with van der Waals surface area (Å²) in [4.78, 5) is 50.3. The Morgan fingerprint density at radius 2 is 1.82 bits per heavy atom. The molecule has 2 atom stereocenters. The minimum absolute atomic E-state index is 0.0169. The van der Waals surface area contributed by atoms with Gasteiger partial charge in [-0.3, -0.25) is 24.5 Å². The van der Waals surface area contributed by atoms with Gasteiger partial charge in [0.2, 0.25) is 11.8 Å². The van der Waals surface area contributed by atoms with Gasteiger partial charge in [-0.15, -0.1) is 0 Å². The SMILES string of the molecule is O=C1CCC(N2Cc3cc(C(=O)N[C@H]([C@H]4CC[C@H](O)CC4)C(F)(F)F)ccc3C2=O)C(=O)N1. The van der Waals surface area contributed by atoms with Crippen LogP contribution in [-0.4, -0.2) is 58.0 Å². The first-order chi connectivity index (χ1) is 15.5. The van der Waals surface area contributed by atoms with Gasteiger partial charge in [-0.05, 0) is 61.8 Å². The fourth-order valence-electron chi connectivity index (χ4n) is 4.84. The van der Waals surface area contributed by atoms with Crippen LogP contribution in [0.4, 0.5) is 13.2 Å². The van der Waals surface area contributed by atoms with Crippen molar-refractivity contribution in [3.8, 4) is 0 Å². The zero-order valence-electron chi connectivity index (χ0n) is 17.7. The molecular weight excluding hydrogens is 443 g/mol. The molecule has 11 heteroatoms. The summed E-state index contributed by atoms with van der Waals surface area (Å²) in [6.45, 7) is 0.0186. The number of aliphatic hydroxyl groups excluding tert-OH is 1. The van der Waals surface area contributed by atoms with Crippen molar-refractivity contribution in [3.63, 3.8) is 0 Å². The number of carbonyl (C=O) groups excluding carboxylic acids is 4. The quantitative estimate of drug-likeness (QED) is 0.583. The predicted octanol–water partition coefficient (Wildman–Crippen LogP) is 1.66. The molecule has 4 amide bonds. The van der Waals surface area contributed by atoms with Gasteiger partial charge in [0.05, 0.1) is 6.10 Å². The van der Waals surface area contributed by atoms with Gasteiger partial charge in [-0.2, -0.15) is 13.2 Å². The summed E-state index contributed by atoms with van der Waals surface area (Å²) in [6.07, 6.45) is -4.15. The molecular formula is C22H24F3N3O5. The van der Waals surface area contributed by atoms with Crippen LogP contribution in [0, 0.1) is 5.92 Å². The van der Waals surface area contributed by atoms with Gasteiger partial charge in [-0.25, -0.2) is 0 Å². The molecule has 2 fully saturated rings. The van der Waals surface area contributed by atoms with E-state index in [1.54, 1.807) is 0 Å². The third kappa shape index (κ3) is 4.73. The van der Waals surface area contributed by atoms with E-state index in [0.717, 1.165) is 0 Å². The molecule has 3 N–H and O–H groups in total. The minimum atomic E-state index is -4.64. The smallest absolute Gasteiger partial charge is 0.393 e. The van der Waals surface area contributed by atoms with Gasteiger partial charge >= 0.3 is 6.18 Å². The van der Waals surface area contributed by atoms with Gasteiger partial charge in [0.25, 0.3) is 11.8 Å². The number of fused-ring (bicyclic) bond motifs is 1. The first-order valence-electron chi connectivity index (χ1n) is 10.9. The average molecular weight is 467 g/mol. The maximum Gasteiger partial charge on any atom is 0.408 e. The third-order valence-corrected chi connectivity index (χ3v) is 6.64. The van der Waals surface area contributed by atoms with E-state index in [1.807, 2.05) is 0 Å². The number of aliphatic hydroxyl groups is 1. The van der Waals surface area contributed by atoms with Crippen LogP contribution in [0.25, 0.3) is 0 Å². The van der Waals surface area contributed by atoms with E-state index in [0.29, 0.717) is 5.56 Å². The summed E-state index contributed by atoms with van der Waals surface area (Å²) >= 11 is 0. The van der Waals surface area contributed by atoms with Crippen molar-refractivity contribution in [2.45, 2.75) is 69.4 Å². The van der Waals surface area contributed by atoms with Gasteiger partial charge in [0.1, 0.15) is 12.1 Å². The molecule has 0 spiro atoms. The molecule has 1 unspecified atom stereocenters. The third-order valence-electron chi connectivity index (χ3n) is 6.64. The van der Waals surface area contributed by atoms with E-state index in [9.17, 15) is 37.5 Å². The van der Waals surface area contributed by atoms with Crippen molar-refractivity contribution >= 4 is 23.6 Å². The van der Waals surface area contributed by atoms with Crippen molar-refractivity contribution in [1.29, 1.82) is 0 Å². The van der Waals surface area contributed by atoms with E-state index in [4.69, 9.17) is 0 Å². The molecule has 1 aromatic rings. The topological polar surface area (TPSA) is 116 Å². The van der Waals surface area contributed by atoms with Crippen molar-refractivity contribution in [2.75, 3.05) is 0 Å². The maximum atomic E-state index is 13.7. The Morgan fingerprint density at radius 3 is 2.45 bits per heavy atom. The Balaban J connectivity index is 1.49. The number of nitrogens with zero attached hydrogens (tertiary/aromatic N) is 1. The molecule has 1 saturated heterocycles. The van der Waals surface area contributed by atoms with Crippen LogP contribution in [-0.2, 0) is 16.1 Å². The highest BCUT2D eigenvalue weighted by molar-refractivity contribution is 6.06. The summed E-state index contributed by atoms with van der Waals surface area (Å²) in [5, 5.41) is 13.9. The molecule has 1 saturated carbocycles. The number of rotatable bonds is 4. The molecule has 0 radical (unpaired) electrons. The molecule has 2 heterocycles. The van der Waals surface area contributed by atoms with Crippen molar-refractivity contribution < 1.29 is 37.5 Å². The Bertz CT molecular complexity index is 988. The zero-order chi connectivity index (χ0) is 23.9. The molecule has 4 rings (SSSR count). The first-order valence-corrected chi connectivity index (χ1v) is 10.9. The molecule has 1 aliphatic carbocycles. The maximum absolute atomic E-state index is 13.7. The molecule has 0 bridgehead atoms. The number of nitrogens with one attached hydrogen (secondary N) is 2. The largest absolute Gasteiger partial charge is 0.408 e. The number of benzene rings is 1. The van der Waals surface area contributed by atoms with Gasteiger partial charge in [0, 0.05) is 24.1 Å². The number of carbonyl (C=O) groups is 4. The van der Waals surface area contributed by atoms with E-state index in [1.165, 1.54) is 23.1 Å².